The minimum absolute atomic E-state index is 0.157. The standard InChI is InChI=1S/C10H10O2/c11-8-5-1-3-7-4-2-6-9-10(7,8)12-9/h1,3,5,9H,2,4,6H2. The number of allylic oxidation sites excluding steroid dienone is 2. The van der Waals surface area contributed by atoms with E-state index in [1.807, 2.05) is 12.2 Å². The van der Waals surface area contributed by atoms with Gasteiger partial charge < -0.3 is 4.74 Å². The fourth-order valence-electron chi connectivity index (χ4n) is 2.36. The van der Waals surface area contributed by atoms with Gasteiger partial charge in [0, 0.05) is 0 Å². The molecule has 3 aliphatic rings. The van der Waals surface area contributed by atoms with Gasteiger partial charge in [0.25, 0.3) is 0 Å². The lowest BCUT2D eigenvalue weighted by Crippen LogP contribution is -2.32. The summed E-state index contributed by atoms with van der Waals surface area (Å²) >= 11 is 0. The number of carbonyl (C=O) groups is 1. The van der Waals surface area contributed by atoms with Crippen LogP contribution >= 0.6 is 0 Å². The highest BCUT2D eigenvalue weighted by Gasteiger charge is 2.64. The molecule has 0 radical (unpaired) electrons. The molecule has 3 rings (SSSR count). The molecule has 2 nitrogen and oxygen atoms in total. The molecule has 1 heterocycles. The number of hydrogen-bond acceptors (Lipinski definition) is 2. The van der Waals surface area contributed by atoms with E-state index in [1.165, 1.54) is 12.0 Å². The van der Waals surface area contributed by atoms with Crippen molar-refractivity contribution in [3.8, 4) is 0 Å². The molecular formula is C10H10O2. The molecule has 0 N–H and O–H groups in total. The summed E-state index contributed by atoms with van der Waals surface area (Å²) in [5.74, 6) is 0.157. The normalized spacial score (nSPS) is 43.2. The van der Waals surface area contributed by atoms with Crippen LogP contribution in [0.15, 0.2) is 23.8 Å². The van der Waals surface area contributed by atoms with Crippen LogP contribution < -0.4 is 0 Å². The Morgan fingerprint density at radius 2 is 2.50 bits per heavy atom. The number of ether oxygens (including phenoxy) is 1. The number of rotatable bonds is 0. The molecule has 1 saturated carbocycles. The Bertz CT molecular complexity index is 314. The van der Waals surface area contributed by atoms with E-state index in [0.29, 0.717) is 0 Å². The molecule has 2 aliphatic carbocycles. The van der Waals surface area contributed by atoms with E-state index in [2.05, 4.69) is 0 Å². The predicted octanol–water partition coefficient (Wildman–Crippen LogP) is 1.37. The second-order valence-corrected chi connectivity index (χ2v) is 3.65. The molecule has 2 atom stereocenters. The van der Waals surface area contributed by atoms with Gasteiger partial charge in [-0.3, -0.25) is 4.79 Å². The maximum Gasteiger partial charge on any atom is 0.194 e. The summed E-state index contributed by atoms with van der Waals surface area (Å²) in [5.41, 5.74) is 0.735. The zero-order valence-electron chi connectivity index (χ0n) is 6.75. The average molecular weight is 162 g/mol. The lowest BCUT2D eigenvalue weighted by atomic mass is 9.79. The average Bonchev–Trinajstić information content (AvgIpc) is 2.79. The van der Waals surface area contributed by atoms with Gasteiger partial charge >= 0.3 is 0 Å². The van der Waals surface area contributed by atoms with Crippen LogP contribution in [-0.2, 0) is 9.53 Å². The Hall–Kier alpha value is -0.890. The lowest BCUT2D eigenvalue weighted by molar-refractivity contribution is -0.118. The van der Waals surface area contributed by atoms with Gasteiger partial charge in [-0.1, -0.05) is 12.2 Å². The first-order valence-corrected chi connectivity index (χ1v) is 4.44. The highest BCUT2D eigenvalue weighted by atomic mass is 16.6. The minimum atomic E-state index is -0.465. The van der Waals surface area contributed by atoms with E-state index in [9.17, 15) is 4.79 Å². The van der Waals surface area contributed by atoms with Gasteiger partial charge in [-0.2, -0.15) is 0 Å². The van der Waals surface area contributed by atoms with Crippen molar-refractivity contribution in [3.63, 3.8) is 0 Å². The molecule has 2 fully saturated rings. The molecular weight excluding hydrogens is 152 g/mol. The summed E-state index contributed by atoms with van der Waals surface area (Å²) < 4.78 is 5.51. The van der Waals surface area contributed by atoms with Gasteiger partial charge in [-0.05, 0) is 30.9 Å². The number of carbonyl (C=O) groups excluding carboxylic acids is 1. The monoisotopic (exact) mass is 162 g/mol. The third kappa shape index (κ3) is 0.581. The molecule has 12 heavy (non-hydrogen) atoms. The highest BCUT2D eigenvalue weighted by Crippen LogP contribution is 2.52. The largest absolute Gasteiger partial charge is 0.353 e. The SMILES string of the molecule is O=C1C=CC=C2CCCC3OC123. The summed E-state index contributed by atoms with van der Waals surface area (Å²) in [6.45, 7) is 0. The van der Waals surface area contributed by atoms with Crippen LogP contribution in [0.3, 0.4) is 0 Å². The van der Waals surface area contributed by atoms with Crippen molar-refractivity contribution >= 4 is 5.78 Å². The van der Waals surface area contributed by atoms with Crippen LogP contribution in [0.5, 0.6) is 0 Å². The molecule has 1 saturated heterocycles. The van der Waals surface area contributed by atoms with Crippen molar-refractivity contribution in [1.29, 1.82) is 0 Å². The zero-order valence-corrected chi connectivity index (χ0v) is 6.75. The van der Waals surface area contributed by atoms with Crippen molar-refractivity contribution in [2.75, 3.05) is 0 Å². The molecule has 2 unspecified atom stereocenters. The van der Waals surface area contributed by atoms with Crippen LogP contribution in [0.2, 0.25) is 0 Å². The molecule has 0 aromatic rings. The Morgan fingerprint density at radius 1 is 1.58 bits per heavy atom. The summed E-state index contributed by atoms with van der Waals surface area (Å²) in [6.07, 6.45) is 8.97. The number of epoxide rings is 1. The maximum atomic E-state index is 11.5. The maximum absolute atomic E-state index is 11.5. The van der Waals surface area contributed by atoms with Crippen LogP contribution in [0.25, 0.3) is 0 Å². The third-order valence-electron chi connectivity index (χ3n) is 3.02. The number of hydrogen-bond donors (Lipinski definition) is 0. The highest BCUT2D eigenvalue weighted by molar-refractivity contribution is 6.04. The first kappa shape index (κ1) is 6.61. The van der Waals surface area contributed by atoms with Gasteiger partial charge in [-0.15, -0.1) is 0 Å². The minimum Gasteiger partial charge on any atom is -0.353 e. The third-order valence-corrected chi connectivity index (χ3v) is 3.02. The fraction of sp³-hybridized carbons (Fsp3) is 0.500. The molecule has 1 aliphatic heterocycles. The van der Waals surface area contributed by atoms with Gasteiger partial charge in [-0.25, -0.2) is 0 Å². The van der Waals surface area contributed by atoms with E-state index in [0.717, 1.165) is 12.8 Å². The Labute approximate surface area is 70.9 Å². The van der Waals surface area contributed by atoms with Crippen molar-refractivity contribution in [2.45, 2.75) is 31.0 Å². The smallest absolute Gasteiger partial charge is 0.194 e. The molecule has 0 aromatic heterocycles. The molecule has 0 bridgehead atoms. The molecule has 2 heteroatoms. The van der Waals surface area contributed by atoms with Crippen molar-refractivity contribution in [2.24, 2.45) is 0 Å². The first-order chi connectivity index (χ1) is 5.84. The quantitative estimate of drug-likeness (QED) is 0.503. The lowest BCUT2D eigenvalue weighted by Gasteiger charge is -2.20. The van der Waals surface area contributed by atoms with E-state index >= 15 is 0 Å². The second-order valence-electron chi connectivity index (χ2n) is 3.65. The number of ketones is 1. The summed E-state index contributed by atoms with van der Waals surface area (Å²) in [6, 6.07) is 0. The molecule has 0 amide bonds. The first-order valence-electron chi connectivity index (χ1n) is 4.44. The van der Waals surface area contributed by atoms with Crippen molar-refractivity contribution in [3.05, 3.63) is 23.8 Å². The molecule has 0 aromatic carbocycles. The van der Waals surface area contributed by atoms with Crippen LogP contribution in [0.1, 0.15) is 19.3 Å². The van der Waals surface area contributed by atoms with Gasteiger partial charge in [0.15, 0.2) is 11.4 Å². The second kappa shape index (κ2) is 1.88. The van der Waals surface area contributed by atoms with Crippen LogP contribution in [-0.4, -0.2) is 17.5 Å². The topological polar surface area (TPSA) is 29.6 Å². The Kier molecular flexibility index (Phi) is 1.04. The Morgan fingerprint density at radius 3 is 3.33 bits per heavy atom. The van der Waals surface area contributed by atoms with Crippen LogP contribution in [0, 0.1) is 0 Å². The summed E-state index contributed by atoms with van der Waals surface area (Å²) in [5, 5.41) is 0. The summed E-state index contributed by atoms with van der Waals surface area (Å²) in [7, 11) is 0. The van der Waals surface area contributed by atoms with E-state index in [4.69, 9.17) is 4.74 Å². The van der Waals surface area contributed by atoms with Gasteiger partial charge in [0.05, 0.1) is 6.10 Å². The zero-order chi connectivity index (χ0) is 8.18. The van der Waals surface area contributed by atoms with E-state index < -0.39 is 5.60 Å². The molecule has 1 spiro atoms. The van der Waals surface area contributed by atoms with Crippen molar-refractivity contribution in [1.82, 2.24) is 0 Å². The van der Waals surface area contributed by atoms with Gasteiger partial charge in [0.1, 0.15) is 0 Å². The van der Waals surface area contributed by atoms with E-state index in [-0.39, 0.29) is 11.9 Å². The van der Waals surface area contributed by atoms with Crippen LogP contribution in [0.4, 0.5) is 0 Å². The van der Waals surface area contributed by atoms with Crippen molar-refractivity contribution < 1.29 is 9.53 Å². The Balaban J connectivity index is 2.09. The molecule has 62 valence electrons. The summed E-state index contributed by atoms with van der Waals surface area (Å²) in [4.78, 5) is 11.5. The fourth-order valence-corrected chi connectivity index (χ4v) is 2.36. The van der Waals surface area contributed by atoms with Gasteiger partial charge in [0.2, 0.25) is 0 Å². The predicted molar refractivity (Wildman–Crippen MR) is 43.7 cm³/mol. The van der Waals surface area contributed by atoms with E-state index in [1.54, 1.807) is 6.08 Å².